The fourth-order valence-corrected chi connectivity index (χ4v) is 10.0. The molecule has 4 aliphatic rings. The number of fused-ring (bicyclic) bond motifs is 4. The first kappa shape index (κ1) is 53.7. The van der Waals surface area contributed by atoms with Crippen LogP contribution in [0.4, 0.5) is 4.79 Å². The molecule has 2 aliphatic carbocycles. The van der Waals surface area contributed by atoms with Crippen LogP contribution in [0.25, 0.3) is 23.3 Å². The zero-order valence-corrected chi connectivity index (χ0v) is 38.6. The molecule has 8 nitrogen and oxygen atoms in total. The van der Waals surface area contributed by atoms with Crippen LogP contribution in [-0.4, -0.2) is 64.3 Å². The van der Waals surface area contributed by atoms with E-state index in [9.17, 15) is 14.4 Å². The maximum atomic E-state index is 12.6. The van der Waals surface area contributed by atoms with Crippen LogP contribution in [-0.2, 0) is 14.3 Å². The van der Waals surface area contributed by atoms with Crippen molar-refractivity contribution >= 4 is 96.0 Å². The Kier molecular flexibility index (Phi) is 19.2. The number of hydrogen-bond acceptors (Lipinski definition) is 7. The number of hydrogen-bond donors (Lipinski definition) is 1. The lowest BCUT2D eigenvalue weighted by Crippen LogP contribution is -2.42. The van der Waals surface area contributed by atoms with Crippen molar-refractivity contribution in [3.63, 3.8) is 0 Å². The third kappa shape index (κ3) is 12.2. The number of nitrogens with zero attached hydrogens (tertiary/aromatic N) is 3. The first-order chi connectivity index (χ1) is 28.1. The van der Waals surface area contributed by atoms with E-state index in [0.717, 1.165) is 92.5 Å². The molecular weight excluding hydrogens is 963 g/mol. The fourth-order valence-electron chi connectivity index (χ4n) is 8.97. The zero-order valence-electron chi connectivity index (χ0n) is 33.9. The Bertz CT molecular complexity index is 2360. The Labute approximate surface area is 403 Å². The molecule has 0 spiro atoms. The second kappa shape index (κ2) is 22.5. The lowest BCUT2D eigenvalue weighted by molar-refractivity contribution is -0.112. The van der Waals surface area contributed by atoms with E-state index in [1.54, 1.807) is 18.7 Å². The smallest absolute Gasteiger partial charge is 0.410 e. The SMILES string of the molecule is C.C.C.C.CC(=O)C1=Cc2cc(Br)cnc2[C@H](C2CCN(C(=O)OC(C)(C)C)CC2)c2ccc(Cl)cc21.CC(=O)C1=Cc2cc(Br)cnc2[C@H](C2CCNCC2)c2ccc(Cl)cc21. The van der Waals surface area contributed by atoms with E-state index < -0.39 is 5.60 Å². The molecule has 2 aromatic heterocycles. The van der Waals surface area contributed by atoms with Gasteiger partial charge in [-0.15, -0.1) is 0 Å². The van der Waals surface area contributed by atoms with E-state index in [2.05, 4.69) is 49.3 Å². The lowest BCUT2D eigenvalue weighted by Gasteiger charge is -2.37. The molecule has 2 saturated heterocycles. The van der Waals surface area contributed by atoms with Crippen molar-refractivity contribution in [3.8, 4) is 0 Å². The van der Waals surface area contributed by atoms with Gasteiger partial charge in [-0.2, -0.15) is 0 Å². The number of pyridine rings is 2. The summed E-state index contributed by atoms with van der Waals surface area (Å²) in [5, 5.41) is 4.70. The number of carbonyl (C=O) groups is 3. The van der Waals surface area contributed by atoms with Gasteiger partial charge >= 0.3 is 6.09 Å². The quantitative estimate of drug-likeness (QED) is 0.217. The Morgan fingerprint density at radius 2 is 1.10 bits per heavy atom. The fraction of sp³-hybridized carbons (Fsp3) is 0.431. The highest BCUT2D eigenvalue weighted by Crippen LogP contribution is 2.47. The largest absolute Gasteiger partial charge is 0.444 e. The number of ether oxygens (including phenoxy) is 1. The molecule has 4 heterocycles. The van der Waals surface area contributed by atoms with Crippen LogP contribution >= 0.6 is 55.1 Å². The number of benzene rings is 2. The highest BCUT2D eigenvalue weighted by atomic mass is 79.9. The summed E-state index contributed by atoms with van der Waals surface area (Å²) in [4.78, 5) is 49.0. The van der Waals surface area contributed by atoms with E-state index in [4.69, 9.17) is 37.9 Å². The Morgan fingerprint density at radius 3 is 1.49 bits per heavy atom. The molecule has 2 atom stereocenters. The molecule has 0 bridgehead atoms. The highest BCUT2D eigenvalue weighted by Gasteiger charge is 2.37. The van der Waals surface area contributed by atoms with Crippen molar-refractivity contribution in [1.82, 2.24) is 20.2 Å². The van der Waals surface area contributed by atoms with E-state index in [1.807, 2.05) is 81.7 Å². The number of aromatic nitrogens is 2. The average Bonchev–Trinajstić information content (AvgIpc) is 3.41. The van der Waals surface area contributed by atoms with Crippen LogP contribution in [0.1, 0.15) is 147 Å². The van der Waals surface area contributed by atoms with Gasteiger partial charge in [0.15, 0.2) is 11.6 Å². The van der Waals surface area contributed by atoms with Crippen LogP contribution in [0.3, 0.4) is 0 Å². The number of likely N-dealkylation sites (tertiary alicyclic amines) is 1. The molecule has 1 N–H and O–H groups in total. The molecule has 0 saturated carbocycles. The molecule has 63 heavy (non-hydrogen) atoms. The molecule has 12 heteroatoms. The number of ketones is 2. The first-order valence-electron chi connectivity index (χ1n) is 20.1. The summed E-state index contributed by atoms with van der Waals surface area (Å²) in [7, 11) is 0. The van der Waals surface area contributed by atoms with Crippen LogP contribution < -0.4 is 5.32 Å². The van der Waals surface area contributed by atoms with Crippen molar-refractivity contribution in [3.05, 3.63) is 125 Å². The number of amides is 1. The molecular formula is C51H64Br2Cl2N4O4. The molecule has 4 aromatic rings. The second-order valence-electron chi connectivity index (χ2n) is 16.8. The molecule has 2 fully saturated rings. The van der Waals surface area contributed by atoms with Crippen molar-refractivity contribution in [2.75, 3.05) is 26.2 Å². The number of halogens is 4. The van der Waals surface area contributed by atoms with Gasteiger partial charge in [0.25, 0.3) is 0 Å². The van der Waals surface area contributed by atoms with Gasteiger partial charge in [0.05, 0.1) is 11.4 Å². The van der Waals surface area contributed by atoms with E-state index in [0.29, 0.717) is 40.2 Å². The van der Waals surface area contributed by atoms with Crippen LogP contribution in [0.15, 0.2) is 69.9 Å². The maximum absolute atomic E-state index is 12.6. The Balaban J connectivity index is 0.000000322. The van der Waals surface area contributed by atoms with Crippen LogP contribution in [0.2, 0.25) is 10.0 Å². The minimum Gasteiger partial charge on any atom is -0.444 e. The molecule has 340 valence electrons. The summed E-state index contributed by atoms with van der Waals surface area (Å²) in [6, 6.07) is 15.8. The number of piperidine rings is 2. The van der Waals surface area contributed by atoms with E-state index in [-0.39, 0.29) is 65.1 Å². The number of rotatable bonds is 4. The second-order valence-corrected chi connectivity index (χ2v) is 19.5. The Hall–Kier alpha value is -3.67. The summed E-state index contributed by atoms with van der Waals surface area (Å²) in [6.07, 6.45) is 11.1. The van der Waals surface area contributed by atoms with Gasteiger partial charge < -0.3 is 15.0 Å². The zero-order chi connectivity index (χ0) is 42.2. The van der Waals surface area contributed by atoms with Gasteiger partial charge in [0, 0.05) is 67.5 Å². The molecule has 0 unspecified atom stereocenters. The highest BCUT2D eigenvalue weighted by molar-refractivity contribution is 9.10. The summed E-state index contributed by atoms with van der Waals surface area (Å²) in [5.41, 5.74) is 8.82. The Morgan fingerprint density at radius 1 is 0.683 bits per heavy atom. The van der Waals surface area contributed by atoms with Crippen molar-refractivity contribution < 1.29 is 19.1 Å². The normalized spacial score (nSPS) is 18.0. The van der Waals surface area contributed by atoms with Gasteiger partial charge in [0.2, 0.25) is 0 Å². The van der Waals surface area contributed by atoms with Crippen molar-refractivity contribution in [2.45, 2.75) is 107 Å². The van der Waals surface area contributed by atoms with Gasteiger partial charge in [0.1, 0.15) is 5.60 Å². The third-order valence-electron chi connectivity index (χ3n) is 11.6. The van der Waals surface area contributed by atoms with Crippen molar-refractivity contribution in [1.29, 1.82) is 0 Å². The summed E-state index contributed by atoms with van der Waals surface area (Å²) >= 11 is 19.7. The average molecular weight is 1030 g/mol. The van der Waals surface area contributed by atoms with Gasteiger partial charge in [-0.3, -0.25) is 19.6 Å². The number of Topliss-reactive ketones (excluding diaryl/α,β-unsaturated/α-hetero) is 2. The first-order valence-corrected chi connectivity index (χ1v) is 22.5. The monoisotopic (exact) mass is 1020 g/mol. The molecule has 0 radical (unpaired) electrons. The number of carbonyl (C=O) groups excluding carboxylic acids is 3. The summed E-state index contributed by atoms with van der Waals surface area (Å²) in [6.45, 7) is 12.1. The number of allylic oxidation sites excluding steroid dienone is 2. The minimum absolute atomic E-state index is 0. The van der Waals surface area contributed by atoms with Gasteiger partial charge in [-0.05, 0) is 199 Å². The van der Waals surface area contributed by atoms with Crippen LogP contribution in [0, 0.1) is 11.8 Å². The maximum Gasteiger partial charge on any atom is 0.410 e. The summed E-state index contributed by atoms with van der Waals surface area (Å²) < 4.78 is 7.35. The predicted molar refractivity (Wildman–Crippen MR) is 271 cm³/mol. The van der Waals surface area contributed by atoms with Crippen molar-refractivity contribution in [2.24, 2.45) is 11.8 Å². The molecule has 2 aliphatic heterocycles. The minimum atomic E-state index is -0.515. The lowest BCUT2D eigenvalue weighted by atomic mass is 9.76. The van der Waals surface area contributed by atoms with E-state index in [1.165, 1.54) is 0 Å². The topological polar surface area (TPSA) is 101 Å². The van der Waals surface area contributed by atoms with E-state index >= 15 is 0 Å². The standard InChI is InChI=1S/C26H28BrClN2O3.C21H20BrClN2O.4CH4/c1-15(31)21-12-17-11-18(27)14-29-24(17)23(20-6-5-19(28)13-22(20)21)16-7-9-30(10-8-16)25(32)33-26(2,3)4;1-12(26)18-9-14-8-15(22)11-25-21(14)20(13-4-6-24-7-5-13)17-3-2-16(23)10-19(17)18;;;;/h5-6,11-14,16,23H,7-10H2,1-4H3;2-3,8-11,13,20,24H,4-7H2,1H3;4*1H4/t23-;20-;;;;/m11..../s1. The number of nitrogens with one attached hydrogen (secondary N) is 1. The molecule has 8 rings (SSSR count). The van der Waals surface area contributed by atoms with Gasteiger partial charge in [-0.25, -0.2) is 4.79 Å². The van der Waals surface area contributed by atoms with Crippen LogP contribution in [0.5, 0.6) is 0 Å². The summed E-state index contributed by atoms with van der Waals surface area (Å²) in [5.74, 6) is 0.948. The molecule has 1 amide bonds. The predicted octanol–water partition coefficient (Wildman–Crippen LogP) is 14.3. The molecule has 2 aromatic carbocycles. The third-order valence-corrected chi connectivity index (χ3v) is 12.9. The van der Waals surface area contributed by atoms with Gasteiger partial charge in [-0.1, -0.05) is 65.0 Å².